The van der Waals surface area contributed by atoms with Crippen molar-refractivity contribution in [1.82, 2.24) is 0 Å². The molecule has 0 aliphatic rings. The zero-order valence-corrected chi connectivity index (χ0v) is 22.2. The minimum absolute atomic E-state index is 0.0496. The standard InChI is InChI=1S/C29H42O5/c1-9-29(10-2,23-12-11-22(20(3)15-23)17-33-19-27(31)32-8)24-13-14-25(21(4)16-24)34-18-26(30)28(5,6)7/h11-16,26,30H,9-10,17-19H2,1-8H3. The molecular weight excluding hydrogens is 428 g/mol. The fourth-order valence-corrected chi connectivity index (χ4v) is 4.22. The summed E-state index contributed by atoms with van der Waals surface area (Å²) in [7, 11) is 1.36. The molecule has 1 atom stereocenters. The van der Waals surface area contributed by atoms with Gasteiger partial charge in [0.2, 0.25) is 0 Å². The molecule has 5 nitrogen and oxygen atoms in total. The lowest BCUT2D eigenvalue weighted by Gasteiger charge is -2.34. The van der Waals surface area contributed by atoms with Crippen molar-refractivity contribution >= 4 is 5.97 Å². The van der Waals surface area contributed by atoms with E-state index in [-0.39, 0.29) is 30.0 Å². The third-order valence-corrected chi connectivity index (χ3v) is 6.93. The quantitative estimate of drug-likeness (QED) is 0.415. The van der Waals surface area contributed by atoms with Gasteiger partial charge in [0.1, 0.15) is 19.0 Å². The van der Waals surface area contributed by atoms with Crippen LogP contribution in [0.2, 0.25) is 0 Å². The third-order valence-electron chi connectivity index (χ3n) is 6.93. The summed E-state index contributed by atoms with van der Waals surface area (Å²) < 4.78 is 16.1. The van der Waals surface area contributed by atoms with Crippen molar-refractivity contribution in [2.75, 3.05) is 20.3 Å². The SMILES string of the molecule is CCC(CC)(c1ccc(COCC(=O)OC)c(C)c1)c1ccc(OCC(O)C(C)(C)C)c(C)c1. The van der Waals surface area contributed by atoms with Crippen LogP contribution in [0.3, 0.4) is 0 Å². The van der Waals surface area contributed by atoms with Gasteiger partial charge in [-0.15, -0.1) is 0 Å². The van der Waals surface area contributed by atoms with Crippen LogP contribution in [0.4, 0.5) is 0 Å². The van der Waals surface area contributed by atoms with Gasteiger partial charge < -0.3 is 19.3 Å². The number of aryl methyl sites for hydroxylation is 2. The molecule has 34 heavy (non-hydrogen) atoms. The number of carbonyl (C=O) groups excluding carboxylic acids is 1. The van der Waals surface area contributed by atoms with Gasteiger partial charge in [-0.3, -0.25) is 0 Å². The van der Waals surface area contributed by atoms with Gasteiger partial charge in [-0.1, -0.05) is 65.0 Å². The van der Waals surface area contributed by atoms with E-state index in [0.717, 1.165) is 35.3 Å². The van der Waals surface area contributed by atoms with Crippen molar-refractivity contribution in [3.05, 3.63) is 64.2 Å². The molecule has 0 aromatic heterocycles. The number of aliphatic hydroxyl groups is 1. The molecule has 0 aliphatic heterocycles. The van der Waals surface area contributed by atoms with Gasteiger partial charge in [-0.25, -0.2) is 4.79 Å². The zero-order valence-electron chi connectivity index (χ0n) is 22.2. The first-order chi connectivity index (χ1) is 16.0. The number of benzene rings is 2. The summed E-state index contributed by atoms with van der Waals surface area (Å²) in [4.78, 5) is 11.3. The summed E-state index contributed by atoms with van der Waals surface area (Å²) in [5, 5.41) is 10.3. The number of rotatable bonds is 11. The monoisotopic (exact) mass is 470 g/mol. The van der Waals surface area contributed by atoms with Gasteiger partial charge in [0, 0.05) is 5.41 Å². The van der Waals surface area contributed by atoms with Crippen molar-refractivity contribution < 1.29 is 24.1 Å². The zero-order chi connectivity index (χ0) is 25.5. The van der Waals surface area contributed by atoms with Crippen molar-refractivity contribution in [1.29, 1.82) is 0 Å². The van der Waals surface area contributed by atoms with E-state index in [0.29, 0.717) is 6.61 Å². The first-order valence-corrected chi connectivity index (χ1v) is 12.1. The lowest BCUT2D eigenvalue weighted by atomic mass is 9.70. The van der Waals surface area contributed by atoms with Crippen molar-refractivity contribution in [3.8, 4) is 5.75 Å². The second-order valence-electron chi connectivity index (χ2n) is 10.2. The van der Waals surface area contributed by atoms with E-state index in [1.54, 1.807) is 0 Å². The predicted molar refractivity (Wildman–Crippen MR) is 136 cm³/mol. The van der Waals surface area contributed by atoms with Gasteiger partial charge in [-0.05, 0) is 66.0 Å². The first kappa shape index (κ1) is 27.9. The molecule has 0 amide bonds. The second-order valence-corrected chi connectivity index (χ2v) is 10.2. The van der Waals surface area contributed by atoms with E-state index in [1.807, 2.05) is 26.8 Å². The molecular formula is C29H42O5. The Balaban J connectivity index is 2.27. The summed E-state index contributed by atoms with van der Waals surface area (Å²) in [6, 6.07) is 12.9. The molecule has 2 aromatic rings. The first-order valence-electron chi connectivity index (χ1n) is 12.1. The molecule has 0 radical (unpaired) electrons. The van der Waals surface area contributed by atoms with Gasteiger partial charge in [0.15, 0.2) is 0 Å². The average Bonchev–Trinajstić information content (AvgIpc) is 2.80. The summed E-state index contributed by atoms with van der Waals surface area (Å²) in [5.74, 6) is 0.434. The minimum atomic E-state index is -0.532. The largest absolute Gasteiger partial charge is 0.491 e. The third kappa shape index (κ3) is 6.61. The molecule has 0 aliphatic carbocycles. The number of hydrogen-bond donors (Lipinski definition) is 1. The lowest BCUT2D eigenvalue weighted by molar-refractivity contribution is -0.146. The normalized spacial score (nSPS) is 13.0. The predicted octanol–water partition coefficient (Wildman–Crippen LogP) is 5.88. The second kappa shape index (κ2) is 11.9. The molecule has 188 valence electrons. The Morgan fingerprint density at radius 2 is 1.56 bits per heavy atom. The summed E-state index contributed by atoms with van der Waals surface area (Å²) >= 11 is 0. The highest BCUT2D eigenvalue weighted by atomic mass is 16.6. The number of carbonyl (C=O) groups is 1. The maximum Gasteiger partial charge on any atom is 0.331 e. The van der Waals surface area contributed by atoms with E-state index in [1.165, 1.54) is 18.2 Å². The summed E-state index contributed by atoms with van der Waals surface area (Å²) in [6.45, 7) is 15.2. The molecule has 0 fully saturated rings. The Hall–Kier alpha value is -2.37. The molecule has 0 bridgehead atoms. The van der Waals surface area contributed by atoms with E-state index >= 15 is 0 Å². The van der Waals surface area contributed by atoms with Crippen LogP contribution < -0.4 is 4.74 Å². The average molecular weight is 471 g/mol. The van der Waals surface area contributed by atoms with E-state index < -0.39 is 6.10 Å². The molecule has 0 heterocycles. The highest BCUT2D eigenvalue weighted by molar-refractivity contribution is 5.70. The molecule has 5 heteroatoms. The Bertz CT molecular complexity index is 953. The summed E-state index contributed by atoms with van der Waals surface area (Å²) in [6.07, 6.45) is 1.39. The highest BCUT2D eigenvalue weighted by Gasteiger charge is 2.31. The van der Waals surface area contributed by atoms with Gasteiger partial charge in [0.25, 0.3) is 0 Å². The van der Waals surface area contributed by atoms with Crippen LogP contribution in [0, 0.1) is 19.3 Å². The van der Waals surface area contributed by atoms with Crippen LogP contribution in [0.25, 0.3) is 0 Å². The molecule has 1 N–H and O–H groups in total. The fourth-order valence-electron chi connectivity index (χ4n) is 4.22. The van der Waals surface area contributed by atoms with E-state index in [4.69, 9.17) is 9.47 Å². The number of aliphatic hydroxyl groups excluding tert-OH is 1. The van der Waals surface area contributed by atoms with Crippen LogP contribution in [-0.2, 0) is 26.3 Å². The highest BCUT2D eigenvalue weighted by Crippen LogP contribution is 2.41. The Kier molecular flexibility index (Phi) is 9.72. The van der Waals surface area contributed by atoms with Crippen molar-refractivity contribution in [2.45, 2.75) is 79.4 Å². The summed E-state index contributed by atoms with van der Waals surface area (Å²) in [5.41, 5.74) is 5.45. The van der Waals surface area contributed by atoms with Crippen molar-refractivity contribution in [3.63, 3.8) is 0 Å². The van der Waals surface area contributed by atoms with Crippen LogP contribution in [-0.4, -0.2) is 37.5 Å². The molecule has 0 saturated heterocycles. The fraction of sp³-hybridized carbons (Fsp3) is 0.552. The minimum Gasteiger partial charge on any atom is -0.491 e. The smallest absolute Gasteiger partial charge is 0.331 e. The van der Waals surface area contributed by atoms with Gasteiger partial charge in [0.05, 0.1) is 19.8 Å². The van der Waals surface area contributed by atoms with Crippen LogP contribution >= 0.6 is 0 Å². The van der Waals surface area contributed by atoms with E-state index in [9.17, 15) is 9.90 Å². The van der Waals surface area contributed by atoms with Gasteiger partial charge >= 0.3 is 5.97 Å². The molecule has 2 aromatic carbocycles. The number of esters is 1. The Morgan fingerprint density at radius 1 is 0.971 bits per heavy atom. The Morgan fingerprint density at radius 3 is 2.06 bits per heavy atom. The van der Waals surface area contributed by atoms with Crippen LogP contribution in [0.5, 0.6) is 5.75 Å². The molecule has 2 rings (SSSR count). The van der Waals surface area contributed by atoms with Crippen molar-refractivity contribution in [2.24, 2.45) is 5.41 Å². The maximum absolute atomic E-state index is 11.3. The molecule has 1 unspecified atom stereocenters. The number of ether oxygens (including phenoxy) is 3. The lowest BCUT2D eigenvalue weighted by Crippen LogP contribution is -2.32. The molecule has 0 spiro atoms. The Labute approximate surface area is 205 Å². The molecule has 0 saturated carbocycles. The maximum atomic E-state index is 11.3. The van der Waals surface area contributed by atoms with E-state index in [2.05, 4.69) is 62.8 Å². The van der Waals surface area contributed by atoms with Crippen LogP contribution in [0.15, 0.2) is 36.4 Å². The van der Waals surface area contributed by atoms with Gasteiger partial charge in [-0.2, -0.15) is 0 Å². The van der Waals surface area contributed by atoms with Crippen LogP contribution in [0.1, 0.15) is 75.3 Å². The topological polar surface area (TPSA) is 65.0 Å². The number of hydrogen-bond acceptors (Lipinski definition) is 5. The number of methoxy groups -OCH3 is 1.